The van der Waals surface area contributed by atoms with Gasteiger partial charge in [-0.05, 0) is 77.0 Å². The zero-order valence-corrected chi connectivity index (χ0v) is 46.8. The first kappa shape index (κ1) is 67.4. The van der Waals surface area contributed by atoms with Crippen molar-refractivity contribution in [2.45, 2.75) is 329 Å². The van der Waals surface area contributed by atoms with Gasteiger partial charge in [-0.2, -0.15) is 0 Å². The molecule has 0 aliphatic rings. The number of allylic oxidation sites excluding steroid dienone is 8. The Morgan fingerprint density at radius 2 is 0.557 bits per heavy atom. The van der Waals surface area contributed by atoms with E-state index in [0.717, 1.165) is 89.9 Å². The predicted molar refractivity (Wildman–Crippen MR) is 302 cm³/mol. The van der Waals surface area contributed by atoms with Crippen molar-refractivity contribution >= 4 is 17.9 Å². The average Bonchev–Trinajstić information content (AvgIpc) is 3.36. The first-order chi connectivity index (χ1) is 34.5. The van der Waals surface area contributed by atoms with Gasteiger partial charge in [-0.3, -0.25) is 14.4 Å². The maximum Gasteiger partial charge on any atom is 0.306 e. The second-order valence-electron chi connectivity index (χ2n) is 20.6. The van der Waals surface area contributed by atoms with Crippen molar-refractivity contribution in [1.82, 2.24) is 0 Å². The number of carbonyl (C=O) groups is 3. The van der Waals surface area contributed by atoms with E-state index >= 15 is 0 Å². The SMILES string of the molecule is CC/C=C\C/C=C\C/C=C\CCCCCCCCCC(=O)OC(COC(=O)CCCCCCC/C=C\CCCCCCC)COC(=O)CCCCCCCCCCCCCCCCCCCCCCC. The minimum Gasteiger partial charge on any atom is -0.462 e. The molecule has 0 aromatic heterocycles. The lowest BCUT2D eigenvalue weighted by Crippen LogP contribution is -2.30. The Hall–Kier alpha value is -2.63. The van der Waals surface area contributed by atoms with Gasteiger partial charge in [0, 0.05) is 19.3 Å². The largest absolute Gasteiger partial charge is 0.462 e. The molecule has 0 amide bonds. The van der Waals surface area contributed by atoms with Gasteiger partial charge in [0.05, 0.1) is 0 Å². The smallest absolute Gasteiger partial charge is 0.306 e. The van der Waals surface area contributed by atoms with Crippen molar-refractivity contribution in [3.63, 3.8) is 0 Å². The van der Waals surface area contributed by atoms with Gasteiger partial charge < -0.3 is 14.2 Å². The van der Waals surface area contributed by atoms with E-state index in [-0.39, 0.29) is 31.1 Å². The lowest BCUT2D eigenvalue weighted by atomic mass is 10.0. The highest BCUT2D eigenvalue weighted by atomic mass is 16.6. The van der Waals surface area contributed by atoms with Crippen LogP contribution in [0.1, 0.15) is 323 Å². The van der Waals surface area contributed by atoms with Crippen LogP contribution in [0.5, 0.6) is 0 Å². The van der Waals surface area contributed by atoms with Crippen molar-refractivity contribution in [3.8, 4) is 0 Å². The molecule has 0 aromatic carbocycles. The molecule has 0 heterocycles. The van der Waals surface area contributed by atoms with Crippen LogP contribution in [0.2, 0.25) is 0 Å². The molecule has 1 unspecified atom stereocenters. The third kappa shape index (κ3) is 56.3. The second-order valence-corrected chi connectivity index (χ2v) is 20.6. The fraction of sp³-hybridized carbons (Fsp3) is 0.828. The Labute approximate surface area is 435 Å². The third-order valence-electron chi connectivity index (χ3n) is 13.6. The molecular weight excluding hydrogens is 865 g/mol. The minimum absolute atomic E-state index is 0.0764. The summed E-state index contributed by atoms with van der Waals surface area (Å²) in [5, 5.41) is 0. The number of esters is 3. The third-order valence-corrected chi connectivity index (χ3v) is 13.6. The molecule has 0 radical (unpaired) electrons. The van der Waals surface area contributed by atoms with Crippen molar-refractivity contribution in [2.24, 2.45) is 0 Å². The van der Waals surface area contributed by atoms with Crippen molar-refractivity contribution in [1.29, 1.82) is 0 Å². The van der Waals surface area contributed by atoms with Gasteiger partial charge in [0.25, 0.3) is 0 Å². The van der Waals surface area contributed by atoms with Crippen LogP contribution in [-0.2, 0) is 28.6 Å². The summed E-state index contributed by atoms with van der Waals surface area (Å²) in [5.41, 5.74) is 0. The summed E-state index contributed by atoms with van der Waals surface area (Å²) >= 11 is 0. The molecule has 0 bridgehead atoms. The summed E-state index contributed by atoms with van der Waals surface area (Å²) in [4.78, 5) is 38.2. The van der Waals surface area contributed by atoms with Gasteiger partial charge in [-0.15, -0.1) is 0 Å². The minimum atomic E-state index is -0.780. The molecular formula is C64H116O6. The van der Waals surface area contributed by atoms with E-state index in [1.807, 2.05) is 0 Å². The van der Waals surface area contributed by atoms with Crippen LogP contribution in [0.25, 0.3) is 0 Å². The highest BCUT2D eigenvalue weighted by Crippen LogP contribution is 2.17. The Morgan fingerprint density at radius 1 is 0.300 bits per heavy atom. The highest BCUT2D eigenvalue weighted by Gasteiger charge is 2.19. The summed E-state index contributed by atoms with van der Waals surface area (Å²) in [6.07, 6.45) is 72.5. The summed E-state index contributed by atoms with van der Waals surface area (Å²) in [7, 11) is 0. The van der Waals surface area contributed by atoms with Crippen LogP contribution >= 0.6 is 0 Å². The van der Waals surface area contributed by atoms with E-state index in [0.29, 0.717) is 19.3 Å². The molecule has 0 saturated heterocycles. The Kier molecular flexibility index (Phi) is 56.7. The maximum absolute atomic E-state index is 12.9. The van der Waals surface area contributed by atoms with Gasteiger partial charge in [0.15, 0.2) is 6.10 Å². The maximum atomic E-state index is 12.9. The Bertz CT molecular complexity index is 1220. The normalized spacial score (nSPS) is 12.3. The second kappa shape index (κ2) is 58.9. The van der Waals surface area contributed by atoms with Gasteiger partial charge >= 0.3 is 17.9 Å². The molecule has 0 aromatic rings. The van der Waals surface area contributed by atoms with Gasteiger partial charge in [-0.25, -0.2) is 0 Å². The number of carbonyl (C=O) groups excluding carboxylic acids is 3. The molecule has 408 valence electrons. The number of hydrogen-bond acceptors (Lipinski definition) is 6. The molecule has 70 heavy (non-hydrogen) atoms. The van der Waals surface area contributed by atoms with Crippen molar-refractivity contribution in [2.75, 3.05) is 13.2 Å². The van der Waals surface area contributed by atoms with E-state index in [1.165, 1.54) is 193 Å². The molecule has 0 rings (SSSR count). The summed E-state index contributed by atoms with van der Waals surface area (Å²) in [6, 6.07) is 0. The number of ether oxygens (including phenoxy) is 3. The van der Waals surface area contributed by atoms with Crippen LogP contribution in [0.3, 0.4) is 0 Å². The summed E-state index contributed by atoms with van der Waals surface area (Å²) < 4.78 is 16.9. The van der Waals surface area contributed by atoms with Crippen LogP contribution in [0.4, 0.5) is 0 Å². The molecule has 1 atom stereocenters. The molecule has 0 aliphatic carbocycles. The summed E-state index contributed by atoms with van der Waals surface area (Å²) in [6.45, 7) is 6.55. The van der Waals surface area contributed by atoms with Crippen LogP contribution < -0.4 is 0 Å². The quantitative estimate of drug-likeness (QED) is 0.0261. The monoisotopic (exact) mass is 981 g/mol. The average molecular weight is 982 g/mol. The molecule has 0 N–H and O–H groups in total. The zero-order valence-electron chi connectivity index (χ0n) is 46.8. The molecule has 6 nitrogen and oxygen atoms in total. The number of unbranched alkanes of at least 4 members (excludes halogenated alkanes) is 37. The molecule has 6 heteroatoms. The highest BCUT2D eigenvalue weighted by molar-refractivity contribution is 5.71. The first-order valence-electron chi connectivity index (χ1n) is 30.6. The lowest BCUT2D eigenvalue weighted by Gasteiger charge is -2.18. The number of rotatable bonds is 56. The number of hydrogen-bond donors (Lipinski definition) is 0. The van der Waals surface area contributed by atoms with Crippen molar-refractivity contribution < 1.29 is 28.6 Å². The lowest BCUT2D eigenvalue weighted by molar-refractivity contribution is -0.167. The van der Waals surface area contributed by atoms with Crippen LogP contribution in [-0.4, -0.2) is 37.2 Å². The van der Waals surface area contributed by atoms with Gasteiger partial charge in [0.2, 0.25) is 0 Å². The molecule has 0 saturated carbocycles. The Balaban J connectivity index is 4.32. The van der Waals surface area contributed by atoms with Crippen LogP contribution in [0, 0.1) is 0 Å². The topological polar surface area (TPSA) is 78.9 Å². The standard InChI is InChI=1S/C64H116O6/c1-4-7-10-13-16-19-22-25-28-30-31-32-33-35-36-39-42-45-48-51-54-57-63(66)69-60-61(59-68-62(65)56-53-50-47-44-41-38-27-24-21-18-15-12-9-6-3)70-64(67)58-55-52-49-46-43-40-37-34-29-26-23-20-17-14-11-8-5-2/h8,11,17,20,24,26-27,29,61H,4-7,9-10,12-16,18-19,21-23,25,28,30-60H2,1-3H3/b11-8-,20-17-,27-24-,29-26-. The first-order valence-corrected chi connectivity index (χ1v) is 30.6. The van der Waals surface area contributed by atoms with E-state index < -0.39 is 6.10 Å². The fourth-order valence-electron chi connectivity index (χ4n) is 8.98. The van der Waals surface area contributed by atoms with Crippen molar-refractivity contribution in [3.05, 3.63) is 48.6 Å². The zero-order chi connectivity index (χ0) is 50.7. The summed E-state index contributed by atoms with van der Waals surface area (Å²) in [5.74, 6) is -0.877. The Morgan fingerprint density at radius 3 is 0.886 bits per heavy atom. The van der Waals surface area contributed by atoms with E-state index in [9.17, 15) is 14.4 Å². The fourth-order valence-corrected chi connectivity index (χ4v) is 8.98. The van der Waals surface area contributed by atoms with E-state index in [1.54, 1.807) is 0 Å². The van der Waals surface area contributed by atoms with Crippen LogP contribution in [0.15, 0.2) is 48.6 Å². The molecule has 0 aliphatic heterocycles. The molecule has 0 spiro atoms. The van der Waals surface area contributed by atoms with E-state index in [2.05, 4.69) is 69.4 Å². The van der Waals surface area contributed by atoms with E-state index in [4.69, 9.17) is 14.2 Å². The predicted octanol–water partition coefficient (Wildman–Crippen LogP) is 20.6. The molecule has 0 fully saturated rings. The van der Waals surface area contributed by atoms with Gasteiger partial charge in [-0.1, -0.05) is 275 Å². The van der Waals surface area contributed by atoms with Gasteiger partial charge in [0.1, 0.15) is 13.2 Å².